The molecule has 43 heavy (non-hydrogen) atoms. The first kappa shape index (κ1) is 27.7. The van der Waals surface area contributed by atoms with Crippen molar-refractivity contribution in [3.8, 4) is 22.8 Å². The molecule has 6 rings (SSSR count). The molecule has 0 saturated carbocycles. The molecule has 8 nitrogen and oxygen atoms in total. The van der Waals surface area contributed by atoms with Crippen LogP contribution in [0.1, 0.15) is 30.9 Å². The van der Waals surface area contributed by atoms with Gasteiger partial charge in [0.05, 0.1) is 27.8 Å². The second-order valence-electron chi connectivity index (χ2n) is 10.7. The van der Waals surface area contributed by atoms with Gasteiger partial charge >= 0.3 is 0 Å². The number of aromatic nitrogens is 2. The van der Waals surface area contributed by atoms with Gasteiger partial charge < -0.3 is 19.8 Å². The summed E-state index contributed by atoms with van der Waals surface area (Å²) in [6.07, 6.45) is 0.329. The van der Waals surface area contributed by atoms with Gasteiger partial charge in [0.25, 0.3) is 0 Å². The van der Waals surface area contributed by atoms with Crippen molar-refractivity contribution in [2.45, 2.75) is 33.6 Å². The number of aromatic hydroxyl groups is 1. The highest BCUT2D eigenvalue weighted by Gasteiger charge is 2.18. The molecule has 0 aromatic heterocycles. The lowest BCUT2D eigenvalue weighted by atomic mass is 10.1. The molecule has 0 atom stereocenters. The molecule has 1 heterocycles. The maximum Gasteiger partial charge on any atom is 0.224 e. The fourth-order valence-corrected chi connectivity index (χ4v) is 5.25. The van der Waals surface area contributed by atoms with E-state index in [0.29, 0.717) is 16.7 Å². The Morgan fingerprint density at radius 1 is 0.884 bits per heavy atom. The zero-order valence-corrected chi connectivity index (χ0v) is 24.2. The molecule has 1 aliphatic heterocycles. The van der Waals surface area contributed by atoms with Gasteiger partial charge in [0, 0.05) is 29.6 Å². The van der Waals surface area contributed by atoms with E-state index in [1.165, 1.54) is 6.92 Å². The van der Waals surface area contributed by atoms with E-state index >= 15 is 0 Å². The molecule has 214 valence electrons. The molecule has 4 aromatic rings. The average Bonchev–Trinajstić information content (AvgIpc) is 2.99. The maximum atomic E-state index is 12.6. The Morgan fingerprint density at radius 2 is 1.65 bits per heavy atom. The van der Waals surface area contributed by atoms with Crippen LogP contribution in [0.5, 0.6) is 5.75 Å². The quantitative estimate of drug-likeness (QED) is 0.111. The van der Waals surface area contributed by atoms with Crippen molar-refractivity contribution in [2.24, 2.45) is 5.10 Å². The van der Waals surface area contributed by atoms with Gasteiger partial charge in [-0.2, -0.15) is 5.10 Å². The van der Waals surface area contributed by atoms with Gasteiger partial charge in [-0.3, -0.25) is 10.2 Å². The van der Waals surface area contributed by atoms with E-state index in [1.54, 1.807) is 6.07 Å². The summed E-state index contributed by atoms with van der Waals surface area (Å²) >= 11 is 0. The third-order valence-electron chi connectivity index (χ3n) is 7.53. The van der Waals surface area contributed by atoms with Crippen LogP contribution >= 0.6 is 0 Å². The largest absolute Gasteiger partial charge is 0.506 e. The number of fused-ring (bicyclic) bond motifs is 3. The van der Waals surface area contributed by atoms with Crippen molar-refractivity contribution in [1.82, 2.24) is 9.55 Å². The lowest BCUT2D eigenvalue weighted by Gasteiger charge is -2.21. The van der Waals surface area contributed by atoms with E-state index in [2.05, 4.69) is 15.3 Å². The van der Waals surface area contributed by atoms with Crippen molar-refractivity contribution in [1.29, 1.82) is 0 Å². The van der Waals surface area contributed by atoms with Crippen LogP contribution in [0, 0.1) is 13.8 Å². The first-order valence-electron chi connectivity index (χ1n) is 14.1. The lowest BCUT2D eigenvalue weighted by Crippen LogP contribution is -2.16. The number of aryl methyl sites for hydroxylation is 2. The Hall–Kier alpha value is -5.50. The standard InChI is InChI=1S/C35H31N5O3/c1-21-17-29-31(19-27(21)37-34(43)16-13-23(3)41)40(25-10-5-4-6-11-25)32-20-28(22(2)18-30(32)36-29)38-39-35-26-12-8-7-9-24(26)14-15-33(35)42/h4-12,14-15,17-20,39,42H,13,16H2,1-3H3,(H,37,43)/b38-28-. The van der Waals surface area contributed by atoms with Crippen LogP contribution in [0.3, 0.4) is 0 Å². The van der Waals surface area contributed by atoms with E-state index < -0.39 is 0 Å². The van der Waals surface area contributed by atoms with Gasteiger partial charge in [0.2, 0.25) is 5.91 Å². The summed E-state index contributed by atoms with van der Waals surface area (Å²) in [4.78, 5) is 29.0. The average molecular weight is 570 g/mol. The minimum absolute atomic E-state index is 0.0235. The number of nitrogens with zero attached hydrogens (tertiary/aromatic N) is 3. The first-order valence-corrected chi connectivity index (χ1v) is 14.1. The molecule has 1 amide bonds. The number of benzene rings is 5. The van der Waals surface area contributed by atoms with Gasteiger partial charge in [-0.25, -0.2) is 4.98 Å². The van der Waals surface area contributed by atoms with Gasteiger partial charge in [0.1, 0.15) is 17.2 Å². The smallest absolute Gasteiger partial charge is 0.224 e. The summed E-state index contributed by atoms with van der Waals surface area (Å²) in [6.45, 7) is 5.39. The Labute approximate surface area is 248 Å². The topological polar surface area (TPSA) is 109 Å². The normalized spacial score (nSPS) is 11.7. The molecule has 3 N–H and O–H groups in total. The van der Waals surface area contributed by atoms with E-state index in [9.17, 15) is 14.7 Å². The predicted octanol–water partition coefficient (Wildman–Crippen LogP) is 6.84. The summed E-state index contributed by atoms with van der Waals surface area (Å²) in [5, 5.41) is 20.9. The molecule has 4 aromatic carbocycles. The molecule has 0 radical (unpaired) electrons. The van der Waals surface area contributed by atoms with Crippen LogP contribution in [0.25, 0.3) is 38.9 Å². The van der Waals surface area contributed by atoms with Gasteiger partial charge in [-0.05, 0) is 79.7 Å². The number of phenols is 1. The Morgan fingerprint density at radius 3 is 2.44 bits per heavy atom. The summed E-state index contributed by atoms with van der Waals surface area (Å²) in [5.41, 5.74) is 10.2. The Kier molecular flexibility index (Phi) is 7.34. The highest BCUT2D eigenvalue weighted by atomic mass is 16.3. The van der Waals surface area contributed by atoms with Crippen molar-refractivity contribution in [3.05, 3.63) is 107 Å². The van der Waals surface area contributed by atoms with Gasteiger partial charge in [-0.15, -0.1) is 0 Å². The number of carbonyl (C=O) groups is 2. The SMILES string of the molecule is CC(=O)CCC(=O)Nc1cc2c(cc1C)nc1cc(C)/c(=N\Nc3c(O)ccc4ccccc34)cc-1n2-c1ccccc1. The summed E-state index contributed by atoms with van der Waals surface area (Å²) in [6, 6.07) is 29.2. The van der Waals surface area contributed by atoms with Crippen LogP contribution < -0.4 is 16.1 Å². The zero-order chi connectivity index (χ0) is 30.1. The fraction of sp³-hybridized carbons (Fsp3) is 0.143. The lowest BCUT2D eigenvalue weighted by molar-refractivity contribution is -0.121. The second-order valence-corrected chi connectivity index (χ2v) is 10.7. The molecule has 0 bridgehead atoms. The number of hydrogen-bond acceptors (Lipinski definition) is 6. The summed E-state index contributed by atoms with van der Waals surface area (Å²) < 4.78 is 2.11. The molecule has 8 heteroatoms. The molecule has 0 spiro atoms. The van der Waals surface area contributed by atoms with E-state index in [4.69, 9.17) is 10.1 Å². The molecular weight excluding hydrogens is 538 g/mol. The van der Waals surface area contributed by atoms with Crippen molar-refractivity contribution >= 4 is 44.9 Å². The number of anilines is 2. The number of para-hydroxylation sites is 1. The number of hydrogen-bond donors (Lipinski definition) is 3. The van der Waals surface area contributed by atoms with Gasteiger partial charge in [-0.1, -0.05) is 48.5 Å². The van der Waals surface area contributed by atoms with E-state index in [1.807, 2.05) is 98.8 Å². The monoisotopic (exact) mass is 569 g/mol. The van der Waals surface area contributed by atoms with Crippen LogP contribution in [-0.2, 0) is 9.59 Å². The Bertz CT molecular complexity index is 2060. The zero-order valence-electron chi connectivity index (χ0n) is 24.2. The first-order chi connectivity index (χ1) is 20.8. The Balaban J connectivity index is 1.53. The fourth-order valence-electron chi connectivity index (χ4n) is 5.25. The number of ketones is 1. The van der Waals surface area contributed by atoms with Crippen molar-refractivity contribution in [3.63, 3.8) is 0 Å². The van der Waals surface area contributed by atoms with Crippen LogP contribution in [0.4, 0.5) is 11.4 Å². The molecule has 0 saturated heterocycles. The molecule has 0 unspecified atom stereocenters. The molecular formula is C35H31N5O3. The number of rotatable bonds is 7. The van der Waals surface area contributed by atoms with Crippen LogP contribution in [0.2, 0.25) is 0 Å². The third kappa shape index (κ3) is 5.55. The van der Waals surface area contributed by atoms with Crippen LogP contribution in [-0.4, -0.2) is 26.3 Å². The summed E-state index contributed by atoms with van der Waals surface area (Å²) in [7, 11) is 0. The number of nitrogens with one attached hydrogen (secondary N) is 2. The number of Topliss-reactive ketones (excluding diaryl/α,β-unsaturated/α-hetero) is 1. The third-order valence-corrected chi connectivity index (χ3v) is 7.53. The summed E-state index contributed by atoms with van der Waals surface area (Å²) in [5.74, 6) is -0.122. The predicted molar refractivity (Wildman–Crippen MR) is 171 cm³/mol. The van der Waals surface area contributed by atoms with Gasteiger partial charge in [0.15, 0.2) is 0 Å². The van der Waals surface area contributed by atoms with Crippen molar-refractivity contribution < 1.29 is 14.7 Å². The highest BCUT2D eigenvalue weighted by Crippen LogP contribution is 2.33. The van der Waals surface area contributed by atoms with Crippen molar-refractivity contribution in [2.75, 3.05) is 10.7 Å². The number of phenolic OH excluding ortho intramolecular Hbond substituents is 1. The maximum absolute atomic E-state index is 12.6. The molecule has 1 aliphatic carbocycles. The number of carbonyl (C=O) groups excluding carboxylic acids is 2. The second kappa shape index (κ2) is 11.4. The number of amides is 1. The minimum Gasteiger partial charge on any atom is -0.506 e. The van der Waals surface area contributed by atoms with E-state index in [0.717, 1.165) is 50.0 Å². The molecule has 2 aliphatic rings. The minimum atomic E-state index is -0.211. The van der Waals surface area contributed by atoms with E-state index in [-0.39, 0.29) is 30.3 Å². The highest BCUT2D eigenvalue weighted by molar-refractivity contribution is 5.97. The molecule has 0 fully saturated rings. The van der Waals surface area contributed by atoms with Crippen LogP contribution in [0.15, 0.2) is 96.1 Å².